The van der Waals surface area contributed by atoms with Crippen LogP contribution in [0.15, 0.2) is 24.3 Å². The zero-order valence-corrected chi connectivity index (χ0v) is 11.6. The van der Waals surface area contributed by atoms with E-state index < -0.39 is 7.12 Å². The van der Waals surface area contributed by atoms with Crippen LogP contribution in [0.1, 0.15) is 38.5 Å². The van der Waals surface area contributed by atoms with Crippen molar-refractivity contribution in [3.8, 4) is 5.75 Å². The first kappa shape index (κ1) is 13.9. The molecule has 1 atom stereocenters. The van der Waals surface area contributed by atoms with Crippen LogP contribution in [0.25, 0.3) is 0 Å². The zero-order chi connectivity index (χ0) is 14.0. The number of benzene rings is 1. The van der Waals surface area contributed by atoms with Gasteiger partial charge >= 0.3 is 7.12 Å². The highest BCUT2D eigenvalue weighted by atomic mass is 16.5. The molecule has 0 bridgehead atoms. The summed E-state index contributed by atoms with van der Waals surface area (Å²) in [5, 5.41) is 18.1. The smallest absolute Gasteiger partial charge is 0.488 e. The van der Waals surface area contributed by atoms with E-state index in [-0.39, 0.29) is 11.7 Å². The van der Waals surface area contributed by atoms with Crippen LogP contribution >= 0.6 is 0 Å². The van der Waals surface area contributed by atoms with Gasteiger partial charge in [0.1, 0.15) is 11.9 Å². The van der Waals surface area contributed by atoms with Gasteiger partial charge in [-0.3, -0.25) is 0 Å². The maximum absolute atomic E-state index is 9.07. The average Bonchev–Trinajstić information content (AvgIpc) is 2.87. The molecule has 2 fully saturated rings. The second-order valence-electron chi connectivity index (χ2n) is 5.91. The Hall–Kier alpha value is -1.04. The quantitative estimate of drug-likeness (QED) is 0.815. The maximum atomic E-state index is 9.07. The lowest BCUT2D eigenvalue weighted by atomic mass is 9.80. The summed E-state index contributed by atoms with van der Waals surface area (Å²) in [7, 11) is -1.42. The van der Waals surface area contributed by atoms with Gasteiger partial charge in [-0.15, -0.1) is 0 Å². The Bertz CT molecular complexity index is 440. The Balaban J connectivity index is 1.62. The molecule has 1 aromatic carbocycles. The third-order valence-electron chi connectivity index (χ3n) is 4.44. The summed E-state index contributed by atoms with van der Waals surface area (Å²) in [5.74, 6) is 0.787. The Morgan fingerprint density at radius 2 is 1.85 bits per heavy atom. The van der Waals surface area contributed by atoms with Gasteiger partial charge in [0, 0.05) is 12.8 Å². The second kappa shape index (κ2) is 5.76. The van der Waals surface area contributed by atoms with Gasteiger partial charge in [0.15, 0.2) is 0 Å². The van der Waals surface area contributed by atoms with Crippen molar-refractivity contribution in [3.63, 3.8) is 0 Å². The minimum absolute atomic E-state index is 0.0597. The first-order chi connectivity index (χ1) is 9.67. The third-order valence-corrected chi connectivity index (χ3v) is 4.44. The number of rotatable bonds is 3. The summed E-state index contributed by atoms with van der Waals surface area (Å²) in [4.78, 5) is 0. The predicted molar refractivity (Wildman–Crippen MR) is 77.1 cm³/mol. The SMILES string of the molecule is OB(O)c1ccc(OC2CCOC3(CCCC3)C2)cc1. The van der Waals surface area contributed by atoms with E-state index in [1.807, 2.05) is 0 Å². The first-order valence-corrected chi connectivity index (χ1v) is 7.44. The molecule has 2 N–H and O–H groups in total. The molecule has 1 saturated carbocycles. The molecule has 20 heavy (non-hydrogen) atoms. The Kier molecular flexibility index (Phi) is 4.01. The highest BCUT2D eigenvalue weighted by Gasteiger charge is 2.40. The third kappa shape index (κ3) is 3.00. The topological polar surface area (TPSA) is 58.9 Å². The minimum Gasteiger partial charge on any atom is -0.490 e. The van der Waals surface area contributed by atoms with Crippen molar-refractivity contribution in [3.05, 3.63) is 24.3 Å². The summed E-state index contributed by atoms with van der Waals surface area (Å²) in [6, 6.07) is 6.96. The van der Waals surface area contributed by atoms with E-state index in [0.29, 0.717) is 5.46 Å². The second-order valence-corrected chi connectivity index (χ2v) is 5.91. The minimum atomic E-state index is -1.42. The van der Waals surface area contributed by atoms with Crippen LogP contribution in [-0.4, -0.2) is 35.5 Å². The fourth-order valence-electron chi connectivity index (χ4n) is 3.36. The number of ether oxygens (including phenoxy) is 2. The van der Waals surface area contributed by atoms with E-state index >= 15 is 0 Å². The molecular weight excluding hydrogens is 255 g/mol. The molecule has 1 spiro atoms. The van der Waals surface area contributed by atoms with Crippen molar-refractivity contribution < 1.29 is 19.5 Å². The van der Waals surface area contributed by atoms with Gasteiger partial charge in [0.25, 0.3) is 0 Å². The van der Waals surface area contributed by atoms with E-state index in [9.17, 15) is 0 Å². The summed E-state index contributed by atoms with van der Waals surface area (Å²) in [5.41, 5.74) is 0.543. The van der Waals surface area contributed by atoms with Crippen molar-refractivity contribution >= 4 is 12.6 Å². The lowest BCUT2D eigenvalue weighted by Crippen LogP contribution is -2.41. The standard InChI is InChI=1S/C15H21BO4/c17-16(18)12-3-5-13(6-4-12)20-14-7-10-19-15(11-14)8-1-2-9-15/h3-6,14,17-18H,1-2,7-11H2. The van der Waals surface area contributed by atoms with E-state index in [4.69, 9.17) is 19.5 Å². The molecule has 0 radical (unpaired) electrons. The van der Waals surface area contributed by atoms with Gasteiger partial charge in [-0.05, 0) is 30.4 Å². The maximum Gasteiger partial charge on any atom is 0.488 e. The molecule has 0 amide bonds. The van der Waals surface area contributed by atoms with Gasteiger partial charge in [-0.25, -0.2) is 0 Å². The summed E-state index contributed by atoms with van der Waals surface area (Å²) in [6.07, 6.45) is 6.92. The normalized spacial score (nSPS) is 24.8. The van der Waals surface area contributed by atoms with Crippen LogP contribution < -0.4 is 10.2 Å². The molecule has 1 aliphatic carbocycles. The fraction of sp³-hybridized carbons (Fsp3) is 0.600. The highest BCUT2D eigenvalue weighted by Crippen LogP contribution is 2.40. The largest absolute Gasteiger partial charge is 0.490 e. The van der Waals surface area contributed by atoms with Crippen molar-refractivity contribution in [1.29, 1.82) is 0 Å². The molecule has 5 heteroatoms. The van der Waals surface area contributed by atoms with Crippen LogP contribution in [0.4, 0.5) is 0 Å². The summed E-state index contributed by atoms with van der Waals surface area (Å²) < 4.78 is 12.0. The van der Waals surface area contributed by atoms with E-state index in [1.54, 1.807) is 24.3 Å². The van der Waals surface area contributed by atoms with Gasteiger partial charge < -0.3 is 19.5 Å². The van der Waals surface area contributed by atoms with Crippen LogP contribution in [0.3, 0.4) is 0 Å². The molecular formula is C15H21BO4. The van der Waals surface area contributed by atoms with Crippen LogP contribution in [0.2, 0.25) is 0 Å². The monoisotopic (exact) mass is 276 g/mol. The van der Waals surface area contributed by atoms with Crippen molar-refractivity contribution in [2.45, 2.75) is 50.2 Å². The highest BCUT2D eigenvalue weighted by molar-refractivity contribution is 6.58. The molecule has 3 rings (SSSR count). The number of hydrogen-bond donors (Lipinski definition) is 2. The van der Waals surface area contributed by atoms with Gasteiger partial charge in [-0.2, -0.15) is 0 Å². The Morgan fingerprint density at radius 1 is 1.15 bits per heavy atom. The lowest BCUT2D eigenvalue weighted by Gasteiger charge is -2.38. The Morgan fingerprint density at radius 3 is 2.50 bits per heavy atom. The van der Waals surface area contributed by atoms with Gasteiger partial charge in [0.2, 0.25) is 0 Å². The van der Waals surface area contributed by atoms with E-state index in [0.717, 1.165) is 38.0 Å². The molecule has 4 nitrogen and oxygen atoms in total. The molecule has 1 saturated heterocycles. The van der Waals surface area contributed by atoms with Crippen LogP contribution in [-0.2, 0) is 4.74 Å². The Labute approximate surface area is 119 Å². The molecule has 108 valence electrons. The molecule has 2 aliphatic rings. The van der Waals surface area contributed by atoms with Gasteiger partial charge in [0.05, 0.1) is 12.2 Å². The molecule has 1 aliphatic heterocycles. The van der Waals surface area contributed by atoms with E-state index in [1.165, 1.54) is 12.8 Å². The summed E-state index contributed by atoms with van der Waals surface area (Å²) in [6.45, 7) is 0.776. The molecule has 1 aromatic rings. The van der Waals surface area contributed by atoms with Crippen molar-refractivity contribution in [2.75, 3.05) is 6.61 Å². The summed E-state index contributed by atoms with van der Waals surface area (Å²) >= 11 is 0. The molecule has 1 unspecified atom stereocenters. The van der Waals surface area contributed by atoms with E-state index in [2.05, 4.69) is 0 Å². The van der Waals surface area contributed by atoms with Crippen molar-refractivity contribution in [1.82, 2.24) is 0 Å². The van der Waals surface area contributed by atoms with Crippen molar-refractivity contribution in [2.24, 2.45) is 0 Å². The predicted octanol–water partition coefficient (Wildman–Crippen LogP) is 1.24. The zero-order valence-electron chi connectivity index (χ0n) is 11.6. The van der Waals surface area contributed by atoms with Crippen LogP contribution in [0, 0.1) is 0 Å². The van der Waals surface area contributed by atoms with Gasteiger partial charge in [-0.1, -0.05) is 25.0 Å². The fourth-order valence-corrected chi connectivity index (χ4v) is 3.36. The first-order valence-electron chi connectivity index (χ1n) is 7.44. The molecule has 0 aromatic heterocycles. The lowest BCUT2D eigenvalue weighted by molar-refractivity contribution is -0.108. The molecule has 1 heterocycles. The average molecular weight is 276 g/mol. The number of hydrogen-bond acceptors (Lipinski definition) is 4. The van der Waals surface area contributed by atoms with Crippen LogP contribution in [0.5, 0.6) is 5.75 Å².